The first kappa shape index (κ1) is 18.7. The summed E-state index contributed by atoms with van der Waals surface area (Å²) in [5.41, 5.74) is 3.54. The van der Waals surface area contributed by atoms with Crippen molar-refractivity contribution in [1.29, 1.82) is 0 Å². The van der Waals surface area contributed by atoms with E-state index in [9.17, 15) is 9.59 Å². The van der Waals surface area contributed by atoms with Gasteiger partial charge >= 0.3 is 0 Å². The molecule has 1 fully saturated rings. The summed E-state index contributed by atoms with van der Waals surface area (Å²) in [6.45, 7) is 4.59. The zero-order valence-electron chi connectivity index (χ0n) is 16.1. The van der Waals surface area contributed by atoms with E-state index in [1.54, 1.807) is 11.3 Å². The molecule has 3 heterocycles. The van der Waals surface area contributed by atoms with E-state index >= 15 is 0 Å². The molecule has 1 N–H and O–H groups in total. The van der Waals surface area contributed by atoms with Crippen LogP contribution in [0.2, 0.25) is 0 Å². The molecule has 5 nitrogen and oxygen atoms in total. The molecule has 2 aromatic heterocycles. The number of carbonyl (C=O) groups excluding carboxylic acids is 2. The van der Waals surface area contributed by atoms with Crippen molar-refractivity contribution in [2.24, 2.45) is 0 Å². The Bertz CT molecular complexity index is 969. The van der Waals surface area contributed by atoms with Crippen LogP contribution in [-0.4, -0.2) is 52.8 Å². The van der Waals surface area contributed by atoms with Crippen molar-refractivity contribution in [3.05, 3.63) is 57.9 Å². The molecule has 6 heteroatoms. The van der Waals surface area contributed by atoms with Gasteiger partial charge in [-0.05, 0) is 42.0 Å². The maximum Gasteiger partial charge on any atom is 0.227 e. The average Bonchev–Trinajstić information content (AvgIpc) is 3.35. The van der Waals surface area contributed by atoms with E-state index in [0.29, 0.717) is 39.0 Å². The Morgan fingerprint density at radius 1 is 1.07 bits per heavy atom. The van der Waals surface area contributed by atoms with E-state index < -0.39 is 0 Å². The molecule has 0 unspecified atom stereocenters. The predicted molar refractivity (Wildman–Crippen MR) is 113 cm³/mol. The highest BCUT2D eigenvalue weighted by Gasteiger charge is 2.24. The first-order chi connectivity index (χ1) is 13.6. The Morgan fingerprint density at radius 3 is 2.54 bits per heavy atom. The Kier molecular flexibility index (Phi) is 5.48. The number of nitrogens with one attached hydrogen (secondary N) is 1. The van der Waals surface area contributed by atoms with E-state index in [2.05, 4.69) is 30.1 Å². The molecule has 1 aliphatic heterocycles. The molecule has 0 spiro atoms. The van der Waals surface area contributed by atoms with E-state index in [4.69, 9.17) is 0 Å². The summed E-state index contributed by atoms with van der Waals surface area (Å²) in [6, 6.07) is 10.3. The fourth-order valence-electron chi connectivity index (χ4n) is 3.79. The molecule has 0 aliphatic carbocycles. The normalized spacial score (nSPS) is 14.6. The van der Waals surface area contributed by atoms with E-state index in [1.165, 1.54) is 16.5 Å². The highest BCUT2D eigenvalue weighted by molar-refractivity contribution is 7.10. The topological polar surface area (TPSA) is 56.4 Å². The van der Waals surface area contributed by atoms with Gasteiger partial charge in [0.25, 0.3) is 0 Å². The Hall–Kier alpha value is -2.60. The first-order valence-corrected chi connectivity index (χ1v) is 10.6. The van der Waals surface area contributed by atoms with E-state index in [1.807, 2.05) is 33.5 Å². The molecular formula is C22H25N3O2S. The zero-order valence-corrected chi connectivity index (χ0v) is 16.9. The lowest BCUT2D eigenvalue weighted by Gasteiger charge is -2.35. The standard InChI is InChI=1S/C22H25N3O2S/c1-16-4-6-19-17(15-23-20(19)13-16)5-7-21(26)24-8-10-25(11-9-24)22(27)14-18-3-2-12-28-18/h2-4,6,12-13,15,23H,5,7-11,14H2,1H3. The molecule has 3 aromatic rings. The molecule has 0 radical (unpaired) electrons. The van der Waals surface area contributed by atoms with Gasteiger partial charge in [0.2, 0.25) is 11.8 Å². The van der Waals surface area contributed by atoms with Crippen LogP contribution in [0.25, 0.3) is 10.9 Å². The van der Waals surface area contributed by atoms with Crippen molar-refractivity contribution in [1.82, 2.24) is 14.8 Å². The van der Waals surface area contributed by atoms with Gasteiger partial charge in [-0.15, -0.1) is 11.3 Å². The molecule has 4 rings (SSSR count). The third-order valence-corrected chi connectivity index (χ3v) is 6.30. The number of H-pyrrole nitrogens is 1. The summed E-state index contributed by atoms with van der Waals surface area (Å²) in [6.07, 6.45) is 3.72. The summed E-state index contributed by atoms with van der Waals surface area (Å²) in [4.78, 5) is 33.2. The van der Waals surface area contributed by atoms with Crippen molar-refractivity contribution in [2.45, 2.75) is 26.2 Å². The number of hydrogen-bond donors (Lipinski definition) is 1. The van der Waals surface area contributed by atoms with Crippen molar-refractivity contribution in [3.63, 3.8) is 0 Å². The molecule has 2 amide bonds. The molecule has 1 saturated heterocycles. The van der Waals surface area contributed by atoms with Crippen LogP contribution in [-0.2, 0) is 22.4 Å². The Balaban J connectivity index is 1.27. The SMILES string of the molecule is Cc1ccc2c(CCC(=O)N3CCN(C(=O)Cc4cccs4)CC3)c[nH]c2c1. The monoisotopic (exact) mass is 395 g/mol. The van der Waals surface area contributed by atoms with Crippen LogP contribution in [0.1, 0.15) is 22.4 Å². The lowest BCUT2D eigenvalue weighted by atomic mass is 10.1. The number of rotatable bonds is 5. The number of thiophene rings is 1. The molecule has 1 aromatic carbocycles. The second kappa shape index (κ2) is 8.19. The third kappa shape index (κ3) is 4.12. The van der Waals surface area contributed by atoms with Crippen molar-refractivity contribution >= 4 is 34.1 Å². The van der Waals surface area contributed by atoms with Crippen LogP contribution < -0.4 is 0 Å². The van der Waals surface area contributed by atoms with E-state index in [0.717, 1.165) is 16.8 Å². The van der Waals surface area contributed by atoms with E-state index in [-0.39, 0.29) is 11.8 Å². The Morgan fingerprint density at radius 2 is 1.82 bits per heavy atom. The molecular weight excluding hydrogens is 370 g/mol. The number of fused-ring (bicyclic) bond motifs is 1. The van der Waals surface area contributed by atoms with Crippen molar-refractivity contribution < 1.29 is 9.59 Å². The average molecular weight is 396 g/mol. The smallest absolute Gasteiger partial charge is 0.227 e. The maximum absolute atomic E-state index is 12.6. The number of benzene rings is 1. The van der Waals surface area contributed by atoms with Gasteiger partial charge in [-0.1, -0.05) is 18.2 Å². The van der Waals surface area contributed by atoms with Crippen molar-refractivity contribution in [2.75, 3.05) is 26.2 Å². The molecule has 1 aliphatic rings. The third-order valence-electron chi connectivity index (χ3n) is 5.42. The number of hydrogen-bond acceptors (Lipinski definition) is 3. The van der Waals surface area contributed by atoms with Crippen LogP contribution in [0, 0.1) is 6.92 Å². The second-order valence-corrected chi connectivity index (χ2v) is 8.41. The number of carbonyl (C=O) groups is 2. The van der Waals surface area contributed by atoms with Gasteiger partial charge in [0, 0.05) is 54.6 Å². The van der Waals surface area contributed by atoms with Gasteiger partial charge in [0.1, 0.15) is 0 Å². The van der Waals surface area contributed by atoms with Gasteiger partial charge < -0.3 is 14.8 Å². The minimum atomic E-state index is 0.156. The molecule has 146 valence electrons. The lowest BCUT2D eigenvalue weighted by Crippen LogP contribution is -2.51. The predicted octanol–water partition coefficient (Wildman–Crippen LogP) is 3.38. The first-order valence-electron chi connectivity index (χ1n) is 9.75. The number of nitrogens with zero attached hydrogens (tertiary/aromatic N) is 2. The van der Waals surface area contributed by atoms with Crippen LogP contribution >= 0.6 is 11.3 Å². The van der Waals surface area contributed by atoms with Gasteiger partial charge in [-0.2, -0.15) is 0 Å². The largest absolute Gasteiger partial charge is 0.361 e. The molecule has 0 saturated carbocycles. The van der Waals surface area contributed by atoms with Crippen molar-refractivity contribution in [3.8, 4) is 0 Å². The van der Waals surface area contributed by atoms with Gasteiger partial charge in [-0.3, -0.25) is 9.59 Å². The Labute approximate surface area is 169 Å². The summed E-state index contributed by atoms with van der Waals surface area (Å²) >= 11 is 1.61. The number of piperazine rings is 1. The minimum Gasteiger partial charge on any atom is -0.361 e. The summed E-state index contributed by atoms with van der Waals surface area (Å²) < 4.78 is 0. The molecule has 0 atom stereocenters. The van der Waals surface area contributed by atoms with Gasteiger partial charge in [-0.25, -0.2) is 0 Å². The minimum absolute atomic E-state index is 0.156. The molecule has 28 heavy (non-hydrogen) atoms. The number of aryl methyl sites for hydroxylation is 2. The fourth-order valence-corrected chi connectivity index (χ4v) is 4.48. The lowest BCUT2D eigenvalue weighted by molar-refractivity contribution is -0.139. The summed E-state index contributed by atoms with van der Waals surface area (Å²) in [7, 11) is 0. The highest BCUT2D eigenvalue weighted by atomic mass is 32.1. The quantitative estimate of drug-likeness (QED) is 0.720. The van der Waals surface area contributed by atoms with Crippen LogP contribution in [0.5, 0.6) is 0 Å². The molecule has 0 bridgehead atoms. The highest BCUT2D eigenvalue weighted by Crippen LogP contribution is 2.21. The van der Waals surface area contributed by atoms with Crippen LogP contribution in [0.15, 0.2) is 41.9 Å². The number of aromatic amines is 1. The second-order valence-electron chi connectivity index (χ2n) is 7.38. The fraction of sp³-hybridized carbons (Fsp3) is 0.364. The number of aromatic nitrogens is 1. The zero-order chi connectivity index (χ0) is 19.5. The number of amides is 2. The van der Waals surface area contributed by atoms with Crippen LogP contribution in [0.4, 0.5) is 0 Å². The maximum atomic E-state index is 12.6. The van der Waals surface area contributed by atoms with Gasteiger partial charge in [0.15, 0.2) is 0 Å². The van der Waals surface area contributed by atoms with Crippen LogP contribution in [0.3, 0.4) is 0 Å². The summed E-state index contributed by atoms with van der Waals surface area (Å²) in [5.74, 6) is 0.329. The summed E-state index contributed by atoms with van der Waals surface area (Å²) in [5, 5.41) is 3.19. The van der Waals surface area contributed by atoms with Gasteiger partial charge in [0.05, 0.1) is 6.42 Å².